The minimum Gasteiger partial charge on any atom is -0.454 e. The number of cyclic esters (lactones) is 1. The van der Waals surface area contributed by atoms with Crippen LogP contribution in [0.15, 0.2) is 0 Å². The second-order valence-corrected chi connectivity index (χ2v) is 1.92. The van der Waals surface area contributed by atoms with Crippen molar-refractivity contribution in [2.45, 2.75) is 19.1 Å². The van der Waals surface area contributed by atoms with E-state index in [1.165, 1.54) is 6.92 Å². The first-order valence-electron chi connectivity index (χ1n) is 2.56. The quantitative estimate of drug-likeness (QED) is 0.332. The van der Waals surface area contributed by atoms with Crippen LogP contribution in [0.5, 0.6) is 0 Å². The second kappa shape index (κ2) is 1.80. The maximum absolute atomic E-state index is 10.4. The van der Waals surface area contributed by atoms with Crippen molar-refractivity contribution in [2.75, 3.05) is 0 Å². The summed E-state index contributed by atoms with van der Waals surface area (Å²) in [6, 6.07) is 0. The van der Waals surface area contributed by atoms with E-state index in [0.29, 0.717) is 0 Å². The summed E-state index contributed by atoms with van der Waals surface area (Å²) in [6.07, 6.45) is -1.93. The average Bonchev–Trinajstić information content (AvgIpc) is 1.98. The zero-order valence-corrected chi connectivity index (χ0v) is 4.83. The van der Waals surface area contributed by atoms with Crippen molar-refractivity contribution in [3.8, 4) is 0 Å². The zero-order valence-electron chi connectivity index (χ0n) is 4.83. The van der Waals surface area contributed by atoms with Crippen LogP contribution in [0.1, 0.15) is 6.92 Å². The fourth-order valence-electron chi connectivity index (χ4n) is 0.625. The van der Waals surface area contributed by atoms with Crippen molar-refractivity contribution >= 4 is 11.8 Å². The van der Waals surface area contributed by atoms with Crippen LogP contribution in [-0.4, -0.2) is 29.1 Å². The van der Waals surface area contributed by atoms with E-state index in [9.17, 15) is 9.59 Å². The second-order valence-electron chi connectivity index (χ2n) is 1.92. The Morgan fingerprint density at radius 1 is 1.56 bits per heavy atom. The molecule has 0 bridgehead atoms. The van der Waals surface area contributed by atoms with E-state index >= 15 is 0 Å². The van der Waals surface area contributed by atoms with Gasteiger partial charge in [0.05, 0.1) is 0 Å². The lowest BCUT2D eigenvalue weighted by Crippen LogP contribution is -2.24. The number of Topliss-reactive ketones (excluding diaryl/α,β-unsaturated/α-hetero) is 1. The Morgan fingerprint density at radius 3 is 2.22 bits per heavy atom. The van der Waals surface area contributed by atoms with Crippen molar-refractivity contribution in [2.24, 2.45) is 0 Å². The molecule has 0 spiro atoms. The number of carbonyl (C=O) groups is 2. The maximum atomic E-state index is 10.4. The van der Waals surface area contributed by atoms with Crippen LogP contribution >= 0.6 is 0 Å². The molecule has 1 unspecified atom stereocenters. The van der Waals surface area contributed by atoms with Crippen molar-refractivity contribution in [3.05, 3.63) is 0 Å². The summed E-state index contributed by atoms with van der Waals surface area (Å²) < 4.78 is 4.35. The number of carbonyl (C=O) groups excluding carboxylic acids is 2. The lowest BCUT2D eigenvalue weighted by Gasteiger charge is -2.01. The van der Waals surface area contributed by atoms with Crippen molar-refractivity contribution < 1.29 is 19.4 Å². The van der Waals surface area contributed by atoms with Gasteiger partial charge in [-0.25, -0.2) is 4.79 Å². The van der Waals surface area contributed by atoms with Gasteiger partial charge in [0.2, 0.25) is 0 Å². The molecule has 0 aromatic heterocycles. The van der Waals surface area contributed by atoms with Crippen LogP contribution in [0.25, 0.3) is 0 Å². The molecule has 1 aliphatic heterocycles. The first kappa shape index (κ1) is 6.22. The number of esters is 1. The highest BCUT2D eigenvalue weighted by Crippen LogP contribution is 2.09. The number of ether oxygens (including phenoxy) is 1. The molecule has 1 saturated heterocycles. The van der Waals surface area contributed by atoms with Gasteiger partial charge in [-0.1, -0.05) is 0 Å². The van der Waals surface area contributed by atoms with E-state index in [-0.39, 0.29) is 0 Å². The summed E-state index contributed by atoms with van der Waals surface area (Å²) in [5.41, 5.74) is 0. The van der Waals surface area contributed by atoms with Crippen LogP contribution < -0.4 is 0 Å². The van der Waals surface area contributed by atoms with Gasteiger partial charge in [0, 0.05) is 0 Å². The van der Waals surface area contributed by atoms with Gasteiger partial charge in [0.15, 0.2) is 6.10 Å². The number of aliphatic hydroxyl groups excluding tert-OH is 1. The minimum atomic E-state index is -1.25. The first-order chi connectivity index (χ1) is 4.13. The molecule has 4 nitrogen and oxygen atoms in total. The molecule has 0 radical (unpaired) electrons. The van der Waals surface area contributed by atoms with Crippen molar-refractivity contribution in [1.29, 1.82) is 0 Å². The number of ketones is 1. The Labute approximate surface area is 51.4 Å². The Hall–Kier alpha value is -0.900. The van der Waals surface area contributed by atoms with E-state index in [2.05, 4.69) is 4.74 Å². The van der Waals surface area contributed by atoms with E-state index in [4.69, 9.17) is 5.11 Å². The predicted octanol–water partition coefficient (Wildman–Crippen LogP) is -1.14. The standard InChI is InChI=1S/C5H6O4/c1-2-3(6)4(7)5(8)9-2/h2-3,6H,1H3/t2-,3?/m0/s1. The highest BCUT2D eigenvalue weighted by molar-refractivity contribution is 6.37. The van der Waals surface area contributed by atoms with Crippen LogP contribution in [0.4, 0.5) is 0 Å². The van der Waals surface area contributed by atoms with Gasteiger partial charge in [0.1, 0.15) is 6.10 Å². The van der Waals surface area contributed by atoms with Gasteiger partial charge < -0.3 is 9.84 Å². The highest BCUT2D eigenvalue weighted by Gasteiger charge is 2.39. The van der Waals surface area contributed by atoms with Crippen LogP contribution in [0.2, 0.25) is 0 Å². The third kappa shape index (κ3) is 0.810. The average molecular weight is 130 g/mol. The summed E-state index contributed by atoms with van der Waals surface area (Å²) in [4.78, 5) is 20.7. The third-order valence-electron chi connectivity index (χ3n) is 1.21. The molecule has 2 atom stereocenters. The molecule has 1 rings (SSSR count). The molecular weight excluding hydrogens is 124 g/mol. The summed E-state index contributed by atoms with van der Waals surface area (Å²) in [5.74, 6) is -1.78. The van der Waals surface area contributed by atoms with Gasteiger partial charge in [-0.15, -0.1) is 0 Å². The number of hydrogen-bond acceptors (Lipinski definition) is 4. The molecule has 1 N–H and O–H groups in total. The normalized spacial score (nSPS) is 34.9. The van der Waals surface area contributed by atoms with E-state index in [0.717, 1.165) is 0 Å². The molecule has 0 amide bonds. The lowest BCUT2D eigenvalue weighted by molar-refractivity contribution is -0.148. The molecular formula is C5H6O4. The Balaban J connectivity index is 2.77. The number of rotatable bonds is 0. The first-order valence-corrected chi connectivity index (χ1v) is 2.56. The molecule has 1 fully saturated rings. The number of hydrogen-bond donors (Lipinski definition) is 1. The minimum absolute atomic E-state index is 0.676. The lowest BCUT2D eigenvalue weighted by atomic mass is 10.2. The molecule has 9 heavy (non-hydrogen) atoms. The zero-order chi connectivity index (χ0) is 7.02. The topological polar surface area (TPSA) is 63.6 Å². The van der Waals surface area contributed by atoms with Crippen LogP contribution in [0, 0.1) is 0 Å². The Morgan fingerprint density at radius 2 is 2.11 bits per heavy atom. The van der Waals surface area contributed by atoms with Crippen molar-refractivity contribution in [3.63, 3.8) is 0 Å². The summed E-state index contributed by atoms with van der Waals surface area (Å²) in [5, 5.41) is 8.74. The summed E-state index contributed by atoms with van der Waals surface area (Å²) >= 11 is 0. The summed E-state index contributed by atoms with van der Waals surface area (Å²) in [7, 11) is 0. The fraction of sp³-hybridized carbons (Fsp3) is 0.600. The van der Waals surface area contributed by atoms with Gasteiger partial charge in [-0.2, -0.15) is 0 Å². The molecule has 1 heterocycles. The monoisotopic (exact) mass is 130 g/mol. The predicted molar refractivity (Wildman–Crippen MR) is 26.6 cm³/mol. The third-order valence-corrected chi connectivity index (χ3v) is 1.21. The van der Waals surface area contributed by atoms with Gasteiger partial charge >= 0.3 is 5.97 Å². The molecule has 0 saturated carbocycles. The van der Waals surface area contributed by atoms with Gasteiger partial charge in [0.25, 0.3) is 5.78 Å². The smallest absolute Gasteiger partial charge is 0.377 e. The molecule has 4 heteroatoms. The molecule has 0 aliphatic carbocycles. The maximum Gasteiger partial charge on any atom is 0.377 e. The van der Waals surface area contributed by atoms with Gasteiger partial charge in [-0.05, 0) is 6.92 Å². The molecule has 0 aromatic carbocycles. The molecule has 0 aromatic rings. The highest BCUT2D eigenvalue weighted by atomic mass is 16.6. The Kier molecular flexibility index (Phi) is 1.25. The van der Waals surface area contributed by atoms with Crippen molar-refractivity contribution in [1.82, 2.24) is 0 Å². The summed E-state index contributed by atoms with van der Waals surface area (Å²) in [6.45, 7) is 1.47. The fourth-order valence-corrected chi connectivity index (χ4v) is 0.625. The Bertz CT molecular complexity index is 162. The number of aliphatic hydroxyl groups is 1. The van der Waals surface area contributed by atoms with E-state index in [1.807, 2.05) is 0 Å². The van der Waals surface area contributed by atoms with Crippen LogP contribution in [-0.2, 0) is 14.3 Å². The SMILES string of the molecule is C[C@@H]1OC(=O)C(=O)C1O. The van der Waals surface area contributed by atoms with Crippen LogP contribution in [0.3, 0.4) is 0 Å². The molecule has 50 valence electrons. The van der Waals surface area contributed by atoms with E-state index < -0.39 is 24.0 Å². The largest absolute Gasteiger partial charge is 0.454 e. The molecule has 1 aliphatic rings. The van der Waals surface area contributed by atoms with Gasteiger partial charge in [-0.3, -0.25) is 4.79 Å². The van der Waals surface area contributed by atoms with E-state index in [1.54, 1.807) is 0 Å².